The summed E-state index contributed by atoms with van der Waals surface area (Å²) in [5, 5.41) is 4.78. The Morgan fingerprint density at radius 3 is 2.89 bits per heavy atom. The molecule has 3 rings (SSSR count). The predicted molar refractivity (Wildman–Crippen MR) is 80.0 cm³/mol. The molecular formula is C14H24N4S. The highest BCUT2D eigenvalue weighted by atomic mass is 32.1. The topological polar surface area (TPSA) is 41.1 Å². The van der Waals surface area contributed by atoms with E-state index in [9.17, 15) is 0 Å². The zero-order chi connectivity index (χ0) is 13.5. The third-order valence-electron chi connectivity index (χ3n) is 4.25. The summed E-state index contributed by atoms with van der Waals surface area (Å²) in [5.41, 5.74) is 0.0550. The molecule has 19 heavy (non-hydrogen) atoms. The minimum absolute atomic E-state index is 0.0550. The molecule has 1 N–H and O–H groups in total. The first-order valence-corrected chi connectivity index (χ1v) is 8.14. The van der Waals surface area contributed by atoms with Crippen LogP contribution in [0.4, 0.5) is 5.13 Å². The Morgan fingerprint density at radius 2 is 2.16 bits per heavy atom. The van der Waals surface area contributed by atoms with E-state index in [2.05, 4.69) is 35.4 Å². The molecule has 2 unspecified atom stereocenters. The third kappa shape index (κ3) is 2.77. The highest BCUT2D eigenvalue weighted by Crippen LogP contribution is 2.31. The molecular weight excluding hydrogens is 256 g/mol. The second-order valence-corrected chi connectivity index (χ2v) is 7.58. The number of piperidine rings is 2. The van der Waals surface area contributed by atoms with Gasteiger partial charge in [-0.15, -0.1) is 0 Å². The molecule has 2 aliphatic rings. The van der Waals surface area contributed by atoms with Gasteiger partial charge in [-0.05, 0) is 31.7 Å². The number of hydrogen-bond donors (Lipinski definition) is 1. The van der Waals surface area contributed by atoms with Crippen LogP contribution in [0.3, 0.4) is 0 Å². The van der Waals surface area contributed by atoms with Gasteiger partial charge in [-0.2, -0.15) is 4.37 Å². The summed E-state index contributed by atoms with van der Waals surface area (Å²) in [7, 11) is 0. The molecule has 0 spiro atoms. The van der Waals surface area contributed by atoms with Gasteiger partial charge in [-0.3, -0.25) is 0 Å². The summed E-state index contributed by atoms with van der Waals surface area (Å²) in [6.45, 7) is 10.00. The Hall–Kier alpha value is -0.680. The van der Waals surface area contributed by atoms with Crippen LogP contribution in [-0.4, -0.2) is 35.0 Å². The lowest BCUT2D eigenvalue weighted by atomic mass is 9.86. The van der Waals surface area contributed by atoms with Crippen LogP contribution in [0.25, 0.3) is 0 Å². The van der Waals surface area contributed by atoms with Gasteiger partial charge < -0.3 is 10.2 Å². The van der Waals surface area contributed by atoms with Gasteiger partial charge in [-0.1, -0.05) is 20.8 Å². The van der Waals surface area contributed by atoms with E-state index in [1.54, 1.807) is 11.5 Å². The van der Waals surface area contributed by atoms with Crippen molar-refractivity contribution in [2.45, 2.75) is 51.5 Å². The van der Waals surface area contributed by atoms with Crippen molar-refractivity contribution in [3.63, 3.8) is 0 Å². The highest BCUT2D eigenvalue weighted by molar-refractivity contribution is 7.09. The number of fused-ring (bicyclic) bond motifs is 1. The minimum atomic E-state index is 0.0550. The Labute approximate surface area is 119 Å². The summed E-state index contributed by atoms with van der Waals surface area (Å²) >= 11 is 1.57. The standard InChI is InChI=1S/C14H24N4S/c1-14(2,3)12-16-13(19-17-12)18-8-6-11-10(9-18)5-4-7-15-11/h10-11,15H,4-9H2,1-3H3. The fourth-order valence-electron chi connectivity index (χ4n) is 3.07. The summed E-state index contributed by atoms with van der Waals surface area (Å²) in [6.07, 6.45) is 3.92. The molecule has 106 valence electrons. The van der Waals surface area contributed by atoms with Crippen LogP contribution in [0, 0.1) is 5.92 Å². The fourth-order valence-corrected chi connectivity index (χ4v) is 3.96. The van der Waals surface area contributed by atoms with Gasteiger partial charge in [0.1, 0.15) is 5.82 Å². The van der Waals surface area contributed by atoms with E-state index in [0.717, 1.165) is 36.0 Å². The largest absolute Gasteiger partial charge is 0.346 e. The van der Waals surface area contributed by atoms with E-state index in [0.29, 0.717) is 0 Å². The molecule has 2 fully saturated rings. The Kier molecular flexibility index (Phi) is 3.52. The van der Waals surface area contributed by atoms with Crippen LogP contribution in [0.15, 0.2) is 0 Å². The monoisotopic (exact) mass is 280 g/mol. The summed E-state index contributed by atoms with van der Waals surface area (Å²) < 4.78 is 4.54. The molecule has 0 bridgehead atoms. The zero-order valence-corrected chi connectivity index (χ0v) is 13.0. The first kappa shape index (κ1) is 13.3. The van der Waals surface area contributed by atoms with Crippen molar-refractivity contribution in [2.24, 2.45) is 5.92 Å². The maximum absolute atomic E-state index is 4.76. The van der Waals surface area contributed by atoms with Crippen LogP contribution in [0.5, 0.6) is 0 Å². The first-order valence-electron chi connectivity index (χ1n) is 7.36. The molecule has 0 aromatic carbocycles. The number of anilines is 1. The fraction of sp³-hybridized carbons (Fsp3) is 0.857. The Morgan fingerprint density at radius 1 is 1.32 bits per heavy atom. The first-order chi connectivity index (χ1) is 9.04. The van der Waals surface area contributed by atoms with Crippen LogP contribution in [0.1, 0.15) is 45.9 Å². The third-order valence-corrected chi connectivity index (χ3v) is 5.03. The van der Waals surface area contributed by atoms with Gasteiger partial charge in [0, 0.05) is 36.1 Å². The van der Waals surface area contributed by atoms with E-state index in [4.69, 9.17) is 4.98 Å². The summed E-state index contributed by atoms with van der Waals surface area (Å²) in [6, 6.07) is 0.736. The SMILES string of the molecule is CC(C)(C)c1nsc(N2CCC3NCCCC3C2)n1. The number of nitrogens with one attached hydrogen (secondary N) is 1. The second kappa shape index (κ2) is 5.02. The van der Waals surface area contributed by atoms with Crippen LogP contribution >= 0.6 is 11.5 Å². The number of hydrogen-bond acceptors (Lipinski definition) is 5. The molecule has 0 amide bonds. The maximum atomic E-state index is 4.76. The van der Waals surface area contributed by atoms with Crippen molar-refractivity contribution < 1.29 is 0 Å². The van der Waals surface area contributed by atoms with Crippen molar-refractivity contribution in [3.05, 3.63) is 5.82 Å². The molecule has 0 radical (unpaired) electrons. The second-order valence-electron chi connectivity index (χ2n) is 6.85. The average Bonchev–Trinajstić information content (AvgIpc) is 2.87. The molecule has 0 aliphatic carbocycles. The Bertz CT molecular complexity index is 437. The smallest absolute Gasteiger partial charge is 0.205 e. The van der Waals surface area contributed by atoms with E-state index < -0.39 is 0 Å². The number of nitrogens with zero attached hydrogens (tertiary/aromatic N) is 3. The zero-order valence-electron chi connectivity index (χ0n) is 12.1. The van der Waals surface area contributed by atoms with Crippen molar-refractivity contribution in [1.82, 2.24) is 14.7 Å². The average molecular weight is 280 g/mol. The molecule has 2 aliphatic heterocycles. The molecule has 3 heterocycles. The van der Waals surface area contributed by atoms with E-state index in [1.807, 2.05) is 0 Å². The van der Waals surface area contributed by atoms with Crippen molar-refractivity contribution >= 4 is 16.7 Å². The van der Waals surface area contributed by atoms with Gasteiger partial charge in [-0.25, -0.2) is 4.98 Å². The van der Waals surface area contributed by atoms with Gasteiger partial charge in [0.2, 0.25) is 5.13 Å². The van der Waals surface area contributed by atoms with Gasteiger partial charge in [0.25, 0.3) is 0 Å². The van der Waals surface area contributed by atoms with Crippen LogP contribution in [-0.2, 0) is 5.41 Å². The molecule has 5 heteroatoms. The normalized spacial score (nSPS) is 28.3. The lowest BCUT2D eigenvalue weighted by Crippen LogP contribution is -2.52. The summed E-state index contributed by atoms with van der Waals surface area (Å²) in [4.78, 5) is 7.20. The molecule has 0 saturated carbocycles. The quantitative estimate of drug-likeness (QED) is 0.858. The predicted octanol–water partition coefficient (Wildman–Crippen LogP) is 2.41. The molecule has 1 aromatic rings. The molecule has 4 nitrogen and oxygen atoms in total. The van der Waals surface area contributed by atoms with E-state index >= 15 is 0 Å². The van der Waals surface area contributed by atoms with Crippen molar-refractivity contribution in [2.75, 3.05) is 24.5 Å². The molecule has 2 atom stereocenters. The summed E-state index contributed by atoms with van der Waals surface area (Å²) in [5.74, 6) is 1.78. The lowest BCUT2D eigenvalue weighted by Gasteiger charge is -2.41. The van der Waals surface area contributed by atoms with Crippen LogP contribution < -0.4 is 10.2 Å². The molecule has 2 saturated heterocycles. The van der Waals surface area contributed by atoms with Crippen molar-refractivity contribution in [3.8, 4) is 0 Å². The Balaban J connectivity index is 1.71. The van der Waals surface area contributed by atoms with E-state index in [-0.39, 0.29) is 5.41 Å². The van der Waals surface area contributed by atoms with E-state index in [1.165, 1.54) is 25.8 Å². The van der Waals surface area contributed by atoms with Crippen LogP contribution in [0.2, 0.25) is 0 Å². The maximum Gasteiger partial charge on any atom is 0.205 e. The van der Waals surface area contributed by atoms with Gasteiger partial charge >= 0.3 is 0 Å². The van der Waals surface area contributed by atoms with Gasteiger partial charge in [0.05, 0.1) is 0 Å². The highest BCUT2D eigenvalue weighted by Gasteiger charge is 2.32. The van der Waals surface area contributed by atoms with Gasteiger partial charge in [0.15, 0.2) is 0 Å². The van der Waals surface area contributed by atoms with Crippen molar-refractivity contribution in [1.29, 1.82) is 0 Å². The molecule has 1 aromatic heterocycles. The minimum Gasteiger partial charge on any atom is -0.346 e. The number of aromatic nitrogens is 2. The number of rotatable bonds is 1. The lowest BCUT2D eigenvalue weighted by molar-refractivity contribution is 0.244.